The molecule has 192 valence electrons. The molecular formula is C27H29ClF3N3O2. The number of ether oxygens (including phenoxy) is 1. The lowest BCUT2D eigenvalue weighted by Crippen LogP contribution is -2.46. The van der Waals surface area contributed by atoms with Crippen molar-refractivity contribution in [1.82, 2.24) is 5.32 Å². The minimum atomic E-state index is -4.66. The number of nitrogens with zero attached hydrogens (tertiary/aromatic N) is 2. The molecule has 0 spiro atoms. The van der Waals surface area contributed by atoms with Crippen molar-refractivity contribution >= 4 is 34.9 Å². The first-order valence-corrected chi connectivity index (χ1v) is 11.8. The zero-order chi connectivity index (χ0) is 26.7. The average Bonchev–Trinajstić information content (AvgIpc) is 2.80. The minimum absolute atomic E-state index is 0.0916. The van der Waals surface area contributed by atoms with Gasteiger partial charge in [0.15, 0.2) is 0 Å². The Kier molecular flexibility index (Phi) is 8.29. The molecule has 0 saturated carbocycles. The molecule has 2 aromatic carbocycles. The molecule has 1 amide bonds. The van der Waals surface area contributed by atoms with Gasteiger partial charge in [-0.3, -0.25) is 4.79 Å². The van der Waals surface area contributed by atoms with E-state index in [1.54, 1.807) is 18.2 Å². The Labute approximate surface area is 214 Å². The number of hydrogen-bond donors (Lipinski definition) is 1. The van der Waals surface area contributed by atoms with E-state index >= 15 is 0 Å². The van der Waals surface area contributed by atoms with Crippen molar-refractivity contribution in [3.05, 3.63) is 75.3 Å². The molecule has 0 atom stereocenters. The number of aliphatic imine (C=N–C) groups is 2. The first kappa shape index (κ1) is 27.5. The summed E-state index contributed by atoms with van der Waals surface area (Å²) in [5, 5.41) is 2.77. The maximum absolute atomic E-state index is 13.2. The molecule has 0 radical (unpaired) electrons. The Morgan fingerprint density at radius 1 is 1.08 bits per heavy atom. The van der Waals surface area contributed by atoms with Gasteiger partial charge in [-0.25, -0.2) is 0 Å². The van der Waals surface area contributed by atoms with E-state index in [1.807, 2.05) is 19.1 Å². The Morgan fingerprint density at radius 3 is 2.44 bits per heavy atom. The molecule has 1 aliphatic heterocycles. The van der Waals surface area contributed by atoms with Crippen molar-refractivity contribution in [2.45, 2.75) is 53.3 Å². The lowest BCUT2D eigenvalue weighted by atomic mass is 9.91. The van der Waals surface area contributed by atoms with Gasteiger partial charge in [0.25, 0.3) is 0 Å². The molecule has 1 N–H and O–H groups in total. The minimum Gasteiger partial charge on any atom is -0.467 e. The van der Waals surface area contributed by atoms with E-state index in [-0.39, 0.29) is 12.6 Å². The number of benzene rings is 2. The molecule has 9 heteroatoms. The smallest absolute Gasteiger partial charge is 0.402 e. The summed E-state index contributed by atoms with van der Waals surface area (Å²) < 4.78 is 44.9. The lowest BCUT2D eigenvalue weighted by Gasteiger charge is -2.26. The number of nitrogens with one attached hydrogen (secondary N) is 1. The van der Waals surface area contributed by atoms with Gasteiger partial charge in [-0.1, -0.05) is 35.9 Å². The molecule has 0 aromatic heterocycles. The second-order valence-corrected chi connectivity index (χ2v) is 9.61. The fraction of sp³-hybridized carbons (Fsp3) is 0.370. The van der Waals surface area contributed by atoms with Crippen molar-refractivity contribution in [2.24, 2.45) is 15.4 Å². The van der Waals surface area contributed by atoms with Gasteiger partial charge in [0.05, 0.1) is 18.5 Å². The highest BCUT2D eigenvalue weighted by Crippen LogP contribution is 2.37. The highest BCUT2D eigenvalue weighted by molar-refractivity contribution is 6.32. The first-order chi connectivity index (χ1) is 16.8. The summed E-state index contributed by atoms with van der Waals surface area (Å²) in [4.78, 5) is 21.4. The molecule has 1 heterocycles. The molecule has 3 rings (SSSR count). The van der Waals surface area contributed by atoms with Crippen molar-refractivity contribution in [2.75, 3.05) is 7.11 Å². The third-order valence-electron chi connectivity index (χ3n) is 6.22. The van der Waals surface area contributed by atoms with Gasteiger partial charge in [-0.05, 0) is 81.0 Å². The topological polar surface area (TPSA) is 63.0 Å². The number of rotatable bonds is 5. The molecule has 0 fully saturated rings. The number of methoxy groups -OCH3 is 1. The second-order valence-electron chi connectivity index (χ2n) is 9.20. The van der Waals surface area contributed by atoms with Crippen LogP contribution in [0.5, 0.6) is 0 Å². The van der Waals surface area contributed by atoms with Crippen LogP contribution in [0.2, 0.25) is 5.02 Å². The van der Waals surface area contributed by atoms with E-state index < -0.39 is 17.5 Å². The van der Waals surface area contributed by atoms with Crippen LogP contribution in [0.3, 0.4) is 0 Å². The van der Waals surface area contributed by atoms with Gasteiger partial charge in [0.1, 0.15) is 5.41 Å². The Hall–Kier alpha value is -3.13. The highest BCUT2D eigenvalue weighted by atomic mass is 35.5. The summed E-state index contributed by atoms with van der Waals surface area (Å²) in [5.74, 6) is -1.11. The van der Waals surface area contributed by atoms with E-state index in [4.69, 9.17) is 16.3 Å². The van der Waals surface area contributed by atoms with Crippen LogP contribution in [0.15, 0.2) is 52.5 Å². The van der Waals surface area contributed by atoms with Gasteiger partial charge in [0.2, 0.25) is 5.91 Å². The number of carbonyl (C=O) groups is 1. The number of allylic oxidation sites excluding steroid dienone is 1. The van der Waals surface area contributed by atoms with Gasteiger partial charge in [-0.2, -0.15) is 23.2 Å². The largest absolute Gasteiger partial charge is 0.467 e. The average molecular weight is 520 g/mol. The van der Waals surface area contributed by atoms with Crippen LogP contribution >= 0.6 is 11.6 Å². The van der Waals surface area contributed by atoms with E-state index in [2.05, 4.69) is 34.4 Å². The monoisotopic (exact) mass is 519 g/mol. The Morgan fingerprint density at radius 2 is 1.81 bits per heavy atom. The molecule has 0 aliphatic carbocycles. The van der Waals surface area contributed by atoms with E-state index in [0.29, 0.717) is 34.7 Å². The molecule has 36 heavy (non-hydrogen) atoms. The predicted octanol–water partition coefficient (Wildman–Crippen LogP) is 6.79. The van der Waals surface area contributed by atoms with E-state index in [1.165, 1.54) is 18.2 Å². The number of aryl methyl sites for hydroxylation is 2. The summed E-state index contributed by atoms with van der Waals surface area (Å²) in [6.45, 7) is 5.71. The van der Waals surface area contributed by atoms with Crippen LogP contribution < -0.4 is 5.32 Å². The predicted molar refractivity (Wildman–Crippen MR) is 137 cm³/mol. The van der Waals surface area contributed by atoms with Gasteiger partial charge in [-0.15, -0.1) is 0 Å². The van der Waals surface area contributed by atoms with Gasteiger partial charge in [0, 0.05) is 17.1 Å². The SMILES string of the molecule is COC1=NC(c2cc(CNC(=O)C(C)(C)C(F)(F)F)ccc2Cl)=CCCC(c2ccc(C)c(C)c2)=N1. The molecule has 0 saturated heterocycles. The number of halogens is 4. The van der Waals surface area contributed by atoms with Crippen molar-refractivity contribution < 1.29 is 22.7 Å². The van der Waals surface area contributed by atoms with Crippen LogP contribution in [0.25, 0.3) is 5.70 Å². The maximum atomic E-state index is 13.2. The van der Waals surface area contributed by atoms with Crippen LogP contribution in [-0.2, 0) is 16.1 Å². The lowest BCUT2D eigenvalue weighted by molar-refractivity contribution is -0.211. The zero-order valence-corrected chi connectivity index (χ0v) is 21.6. The summed E-state index contributed by atoms with van der Waals surface area (Å²) in [6, 6.07) is 11.3. The fourth-order valence-electron chi connectivity index (χ4n) is 3.49. The standard InChI is InChI=1S/C27H29ClF3N3O2/c1-16-9-11-19(13-17(16)2)22-7-6-8-23(34-25(33-22)36-5)20-14-18(10-12-21(20)28)15-32-24(35)26(3,4)27(29,30)31/h8-14H,6-7,15H2,1-5H3,(H,32,35). The zero-order valence-electron chi connectivity index (χ0n) is 20.9. The summed E-state index contributed by atoms with van der Waals surface area (Å²) in [5.41, 5.74) is 3.38. The summed E-state index contributed by atoms with van der Waals surface area (Å²) in [6.07, 6.45) is -1.45. The molecule has 0 bridgehead atoms. The van der Waals surface area contributed by atoms with Crippen molar-refractivity contribution in [3.8, 4) is 0 Å². The normalized spacial score (nSPS) is 14.8. The Balaban J connectivity index is 1.87. The molecular weight excluding hydrogens is 491 g/mol. The quantitative estimate of drug-likeness (QED) is 0.473. The van der Waals surface area contributed by atoms with Gasteiger partial charge >= 0.3 is 12.2 Å². The summed E-state index contributed by atoms with van der Waals surface area (Å²) >= 11 is 6.44. The van der Waals surface area contributed by atoms with Crippen LogP contribution in [0, 0.1) is 19.3 Å². The second kappa shape index (κ2) is 10.9. The number of amidine groups is 1. The first-order valence-electron chi connectivity index (χ1n) is 11.5. The molecule has 2 aromatic rings. The number of carbonyl (C=O) groups excluding carboxylic acids is 1. The van der Waals surface area contributed by atoms with E-state index in [0.717, 1.165) is 25.1 Å². The highest BCUT2D eigenvalue weighted by Gasteiger charge is 2.52. The number of alkyl halides is 3. The number of amides is 1. The molecule has 5 nitrogen and oxygen atoms in total. The molecule has 1 aliphatic rings. The van der Waals surface area contributed by atoms with Crippen molar-refractivity contribution in [1.29, 1.82) is 0 Å². The van der Waals surface area contributed by atoms with Crippen LogP contribution in [0.4, 0.5) is 13.2 Å². The third kappa shape index (κ3) is 6.16. The van der Waals surface area contributed by atoms with Crippen molar-refractivity contribution in [3.63, 3.8) is 0 Å². The fourth-order valence-corrected chi connectivity index (χ4v) is 3.71. The summed E-state index contributed by atoms with van der Waals surface area (Å²) in [7, 11) is 1.48. The van der Waals surface area contributed by atoms with E-state index in [9.17, 15) is 18.0 Å². The third-order valence-corrected chi connectivity index (χ3v) is 6.55. The maximum Gasteiger partial charge on any atom is 0.402 e. The number of hydrogen-bond acceptors (Lipinski definition) is 4. The Bertz CT molecular complexity index is 1250. The van der Waals surface area contributed by atoms with Crippen LogP contribution in [0.1, 0.15) is 54.5 Å². The molecule has 0 unspecified atom stereocenters. The van der Waals surface area contributed by atoms with Crippen LogP contribution in [-0.4, -0.2) is 30.9 Å². The van der Waals surface area contributed by atoms with Gasteiger partial charge < -0.3 is 10.1 Å².